The van der Waals surface area contributed by atoms with Crippen molar-refractivity contribution in [1.82, 2.24) is 5.32 Å². The molecular weight excluding hydrogens is 234 g/mol. The molecule has 0 amide bonds. The summed E-state index contributed by atoms with van der Waals surface area (Å²) in [4.78, 5) is 0. The zero-order valence-corrected chi connectivity index (χ0v) is 11.0. The van der Waals surface area contributed by atoms with Gasteiger partial charge in [-0.15, -0.1) is 12.4 Å². The van der Waals surface area contributed by atoms with Gasteiger partial charge in [0.25, 0.3) is 0 Å². The molecule has 1 saturated carbocycles. The summed E-state index contributed by atoms with van der Waals surface area (Å²) in [6.45, 7) is 1.72. The second-order valence-corrected chi connectivity index (χ2v) is 4.45. The van der Waals surface area contributed by atoms with Crippen molar-refractivity contribution in [3.05, 3.63) is 30.3 Å². The highest BCUT2D eigenvalue weighted by Gasteiger charge is 2.11. The van der Waals surface area contributed by atoms with Gasteiger partial charge in [0.05, 0.1) is 0 Å². The van der Waals surface area contributed by atoms with Crippen molar-refractivity contribution in [3.63, 3.8) is 0 Å². The summed E-state index contributed by atoms with van der Waals surface area (Å²) < 4.78 is 5.63. The minimum absolute atomic E-state index is 0. The van der Waals surface area contributed by atoms with Gasteiger partial charge in [-0.25, -0.2) is 0 Å². The third-order valence-electron chi connectivity index (χ3n) is 3.15. The first-order chi connectivity index (χ1) is 7.95. The Bertz CT molecular complexity index is 286. The monoisotopic (exact) mass is 255 g/mol. The lowest BCUT2D eigenvalue weighted by Crippen LogP contribution is -2.34. The van der Waals surface area contributed by atoms with E-state index in [1.807, 2.05) is 30.3 Å². The van der Waals surface area contributed by atoms with Crippen molar-refractivity contribution in [2.24, 2.45) is 0 Å². The first kappa shape index (κ1) is 14.3. The van der Waals surface area contributed by atoms with E-state index in [0.717, 1.165) is 24.9 Å². The first-order valence-electron chi connectivity index (χ1n) is 6.36. The molecule has 0 saturated heterocycles. The minimum atomic E-state index is 0. The SMILES string of the molecule is Cl.c1ccc(OCCNC2CCCCC2)cc1. The number of nitrogens with one attached hydrogen (secondary N) is 1. The van der Waals surface area contributed by atoms with Crippen LogP contribution in [-0.2, 0) is 0 Å². The fraction of sp³-hybridized carbons (Fsp3) is 0.571. The van der Waals surface area contributed by atoms with E-state index in [1.54, 1.807) is 0 Å². The van der Waals surface area contributed by atoms with Crippen LogP contribution in [0.4, 0.5) is 0 Å². The Labute approximate surface area is 110 Å². The fourth-order valence-electron chi connectivity index (χ4n) is 2.26. The van der Waals surface area contributed by atoms with Crippen LogP contribution in [0.2, 0.25) is 0 Å². The van der Waals surface area contributed by atoms with Crippen LogP contribution in [0.3, 0.4) is 0 Å². The van der Waals surface area contributed by atoms with Gasteiger partial charge in [0.1, 0.15) is 12.4 Å². The number of ether oxygens (including phenoxy) is 1. The highest BCUT2D eigenvalue weighted by Crippen LogP contribution is 2.17. The quantitative estimate of drug-likeness (QED) is 0.815. The van der Waals surface area contributed by atoms with Gasteiger partial charge in [-0.3, -0.25) is 0 Å². The van der Waals surface area contributed by atoms with Crippen LogP contribution in [-0.4, -0.2) is 19.2 Å². The molecule has 0 heterocycles. The lowest BCUT2D eigenvalue weighted by atomic mass is 9.96. The molecule has 1 aromatic rings. The molecule has 2 rings (SSSR count). The van der Waals surface area contributed by atoms with Crippen LogP contribution in [0.5, 0.6) is 5.75 Å². The van der Waals surface area contributed by atoms with Gasteiger partial charge in [-0.05, 0) is 25.0 Å². The Hall–Kier alpha value is -0.730. The summed E-state index contributed by atoms with van der Waals surface area (Å²) in [5.41, 5.74) is 0. The van der Waals surface area contributed by atoms with Crippen LogP contribution in [0.15, 0.2) is 30.3 Å². The third-order valence-corrected chi connectivity index (χ3v) is 3.15. The second kappa shape index (κ2) is 8.37. The van der Waals surface area contributed by atoms with Crippen LogP contribution in [0.25, 0.3) is 0 Å². The lowest BCUT2D eigenvalue weighted by Gasteiger charge is -2.22. The van der Waals surface area contributed by atoms with Crippen LogP contribution in [0.1, 0.15) is 32.1 Å². The van der Waals surface area contributed by atoms with Gasteiger partial charge in [-0.2, -0.15) is 0 Å². The maximum absolute atomic E-state index is 5.63. The van der Waals surface area contributed by atoms with Crippen molar-refractivity contribution in [1.29, 1.82) is 0 Å². The van der Waals surface area contributed by atoms with E-state index in [4.69, 9.17) is 4.74 Å². The van der Waals surface area contributed by atoms with E-state index >= 15 is 0 Å². The average Bonchev–Trinajstić information content (AvgIpc) is 2.37. The average molecular weight is 256 g/mol. The van der Waals surface area contributed by atoms with Crippen molar-refractivity contribution in [2.75, 3.05) is 13.2 Å². The smallest absolute Gasteiger partial charge is 0.119 e. The summed E-state index contributed by atoms with van der Waals surface area (Å²) in [5, 5.41) is 3.57. The standard InChI is InChI=1S/C14H21NO.ClH/c1-3-7-13(8-4-1)15-11-12-16-14-9-5-2-6-10-14;/h2,5-6,9-10,13,15H,1,3-4,7-8,11-12H2;1H. The highest BCUT2D eigenvalue weighted by atomic mass is 35.5. The fourth-order valence-corrected chi connectivity index (χ4v) is 2.26. The molecule has 3 heteroatoms. The third kappa shape index (κ3) is 5.42. The van der Waals surface area contributed by atoms with Gasteiger partial charge in [-0.1, -0.05) is 37.5 Å². The normalized spacial score (nSPS) is 16.2. The summed E-state index contributed by atoms with van der Waals surface area (Å²) >= 11 is 0. The second-order valence-electron chi connectivity index (χ2n) is 4.45. The highest BCUT2D eigenvalue weighted by molar-refractivity contribution is 5.85. The van der Waals surface area contributed by atoms with Gasteiger partial charge in [0.15, 0.2) is 0 Å². The molecule has 2 nitrogen and oxygen atoms in total. The molecule has 0 bridgehead atoms. The molecule has 1 aliphatic carbocycles. The minimum Gasteiger partial charge on any atom is -0.492 e. The molecule has 0 aromatic heterocycles. The molecule has 0 radical (unpaired) electrons. The Balaban J connectivity index is 0.00000144. The van der Waals surface area contributed by atoms with Crippen molar-refractivity contribution >= 4 is 12.4 Å². The summed E-state index contributed by atoms with van der Waals surface area (Å²) in [6, 6.07) is 10.7. The number of hydrogen-bond donors (Lipinski definition) is 1. The van der Waals surface area contributed by atoms with Crippen molar-refractivity contribution < 1.29 is 4.74 Å². The summed E-state index contributed by atoms with van der Waals surface area (Å²) in [5.74, 6) is 0.966. The number of hydrogen-bond acceptors (Lipinski definition) is 2. The Kier molecular flexibility index (Phi) is 7.06. The molecule has 0 aliphatic heterocycles. The largest absolute Gasteiger partial charge is 0.492 e. The Morgan fingerprint density at radius 2 is 1.76 bits per heavy atom. The molecule has 1 aromatic carbocycles. The Morgan fingerprint density at radius 3 is 2.47 bits per heavy atom. The maximum Gasteiger partial charge on any atom is 0.119 e. The van der Waals surface area contributed by atoms with E-state index in [0.29, 0.717) is 0 Å². The van der Waals surface area contributed by atoms with E-state index in [2.05, 4.69) is 5.32 Å². The van der Waals surface area contributed by atoms with Crippen LogP contribution >= 0.6 is 12.4 Å². The van der Waals surface area contributed by atoms with Crippen LogP contribution in [0, 0.1) is 0 Å². The zero-order valence-electron chi connectivity index (χ0n) is 10.2. The number of benzene rings is 1. The Morgan fingerprint density at radius 1 is 1.06 bits per heavy atom. The van der Waals surface area contributed by atoms with E-state index in [1.165, 1.54) is 32.1 Å². The molecule has 0 atom stereocenters. The molecule has 1 N–H and O–H groups in total. The van der Waals surface area contributed by atoms with Gasteiger partial charge in [0.2, 0.25) is 0 Å². The molecule has 1 fully saturated rings. The lowest BCUT2D eigenvalue weighted by molar-refractivity contribution is 0.289. The van der Waals surface area contributed by atoms with Gasteiger partial charge < -0.3 is 10.1 Å². The summed E-state index contributed by atoms with van der Waals surface area (Å²) in [6.07, 6.45) is 6.86. The van der Waals surface area contributed by atoms with E-state index in [-0.39, 0.29) is 12.4 Å². The molecule has 17 heavy (non-hydrogen) atoms. The van der Waals surface area contributed by atoms with Crippen molar-refractivity contribution in [2.45, 2.75) is 38.1 Å². The van der Waals surface area contributed by atoms with Crippen molar-refractivity contribution in [3.8, 4) is 5.75 Å². The number of para-hydroxylation sites is 1. The predicted molar refractivity (Wildman–Crippen MR) is 74.1 cm³/mol. The number of rotatable bonds is 5. The first-order valence-corrected chi connectivity index (χ1v) is 6.36. The number of halogens is 1. The van der Waals surface area contributed by atoms with E-state index in [9.17, 15) is 0 Å². The molecule has 0 unspecified atom stereocenters. The molecule has 0 spiro atoms. The molecule has 1 aliphatic rings. The summed E-state index contributed by atoms with van der Waals surface area (Å²) in [7, 11) is 0. The predicted octanol–water partition coefficient (Wildman–Crippen LogP) is 3.41. The van der Waals surface area contributed by atoms with Crippen LogP contribution < -0.4 is 10.1 Å². The van der Waals surface area contributed by atoms with Gasteiger partial charge in [0, 0.05) is 12.6 Å². The van der Waals surface area contributed by atoms with E-state index < -0.39 is 0 Å². The van der Waals surface area contributed by atoms with Gasteiger partial charge >= 0.3 is 0 Å². The maximum atomic E-state index is 5.63. The topological polar surface area (TPSA) is 21.3 Å². The zero-order chi connectivity index (χ0) is 11.1. The molecule has 96 valence electrons. The molecular formula is C14H22ClNO.